The van der Waals surface area contributed by atoms with Crippen molar-refractivity contribution in [3.05, 3.63) is 76.3 Å². The molecular weight excluding hydrogens is 306 g/mol. The van der Waals surface area contributed by atoms with Crippen LogP contribution in [0.4, 0.5) is 0 Å². The lowest BCUT2D eigenvalue weighted by atomic mass is 9.73. The molecule has 0 spiro atoms. The first-order valence-corrected chi connectivity index (χ1v) is 8.41. The lowest BCUT2D eigenvalue weighted by molar-refractivity contribution is -0.698. The van der Waals surface area contributed by atoms with Gasteiger partial charge in [-0.3, -0.25) is 4.79 Å². The van der Waals surface area contributed by atoms with Crippen molar-refractivity contribution >= 4 is 23.5 Å². The van der Waals surface area contributed by atoms with Gasteiger partial charge in [-0.05, 0) is 30.5 Å². The molecule has 1 saturated carbocycles. The molecule has 3 heteroatoms. The highest BCUT2D eigenvalue weighted by molar-refractivity contribution is 6.32. The van der Waals surface area contributed by atoms with E-state index in [-0.39, 0.29) is 5.78 Å². The van der Waals surface area contributed by atoms with E-state index in [1.54, 1.807) is 0 Å². The van der Waals surface area contributed by atoms with Crippen LogP contribution in [0.25, 0.3) is 6.08 Å². The maximum absolute atomic E-state index is 13.3. The summed E-state index contributed by atoms with van der Waals surface area (Å²) in [6, 6.07) is 17.7. The van der Waals surface area contributed by atoms with Crippen molar-refractivity contribution in [2.24, 2.45) is 0 Å². The molecule has 1 aliphatic rings. The molecule has 0 aromatic heterocycles. The summed E-state index contributed by atoms with van der Waals surface area (Å²) >= 11 is 6.41. The van der Waals surface area contributed by atoms with Crippen molar-refractivity contribution in [1.82, 2.24) is 0 Å². The molecule has 1 atom stereocenters. The largest absolute Gasteiger partial charge is 0.333 e. The van der Waals surface area contributed by atoms with Gasteiger partial charge in [0.2, 0.25) is 5.78 Å². The number of Topliss-reactive ketones (excluding diaryl/α,β-unsaturated/α-hetero) is 1. The number of carbonyl (C=O) groups is 1. The summed E-state index contributed by atoms with van der Waals surface area (Å²) in [5, 5.41) is 2.69. The van der Waals surface area contributed by atoms with Gasteiger partial charge in [-0.15, -0.1) is 0 Å². The predicted octanol–water partition coefficient (Wildman–Crippen LogP) is 3.57. The van der Waals surface area contributed by atoms with Crippen molar-refractivity contribution in [2.75, 3.05) is 7.05 Å². The van der Waals surface area contributed by atoms with Crippen LogP contribution in [0.3, 0.4) is 0 Å². The number of rotatable bonds is 3. The Labute approximate surface area is 142 Å². The maximum atomic E-state index is 13.3. The van der Waals surface area contributed by atoms with Crippen molar-refractivity contribution in [1.29, 1.82) is 0 Å². The van der Waals surface area contributed by atoms with Crippen LogP contribution in [-0.2, 0) is 10.3 Å². The van der Waals surface area contributed by atoms with E-state index >= 15 is 0 Å². The first kappa shape index (κ1) is 16.0. The molecule has 0 radical (unpaired) electrons. The molecule has 0 saturated heterocycles. The third-order valence-electron chi connectivity index (χ3n) is 4.70. The molecule has 1 fully saturated rings. The minimum absolute atomic E-state index is 0.184. The smallest absolute Gasteiger partial charge is 0.223 e. The third-order valence-corrected chi connectivity index (χ3v) is 5.03. The Kier molecular flexibility index (Phi) is 4.65. The second-order valence-electron chi connectivity index (χ2n) is 6.00. The SMILES string of the molecule is C[NH2+][C@]1(c2ccccc2Cl)CCC/C(=C\c2ccccc2)C1=O. The zero-order chi connectivity index (χ0) is 16.3. The number of likely N-dealkylation sites (N-methyl/N-ethyl adjacent to an activating group) is 1. The molecule has 118 valence electrons. The van der Waals surface area contributed by atoms with Crippen LogP contribution >= 0.6 is 11.6 Å². The van der Waals surface area contributed by atoms with Crippen LogP contribution in [0.1, 0.15) is 30.4 Å². The van der Waals surface area contributed by atoms with E-state index in [9.17, 15) is 4.79 Å². The average molecular weight is 327 g/mol. The van der Waals surface area contributed by atoms with Crippen molar-refractivity contribution in [3.63, 3.8) is 0 Å². The summed E-state index contributed by atoms with van der Waals surface area (Å²) in [6.07, 6.45) is 4.66. The number of carbonyl (C=O) groups excluding carboxylic acids is 1. The molecule has 0 heterocycles. The molecule has 0 bridgehead atoms. The zero-order valence-electron chi connectivity index (χ0n) is 13.3. The van der Waals surface area contributed by atoms with Gasteiger partial charge < -0.3 is 5.32 Å². The van der Waals surface area contributed by atoms with E-state index in [2.05, 4.69) is 0 Å². The van der Waals surface area contributed by atoms with Gasteiger partial charge >= 0.3 is 0 Å². The number of quaternary nitrogens is 1. The molecule has 2 aromatic carbocycles. The fraction of sp³-hybridized carbons (Fsp3) is 0.250. The van der Waals surface area contributed by atoms with Gasteiger partial charge in [0, 0.05) is 17.6 Å². The highest BCUT2D eigenvalue weighted by Crippen LogP contribution is 2.37. The number of halogens is 1. The van der Waals surface area contributed by atoms with Gasteiger partial charge in [-0.2, -0.15) is 0 Å². The van der Waals surface area contributed by atoms with Crippen molar-refractivity contribution in [3.8, 4) is 0 Å². The molecule has 2 N–H and O–H groups in total. The van der Waals surface area contributed by atoms with E-state index in [4.69, 9.17) is 11.6 Å². The minimum atomic E-state index is -0.600. The average Bonchev–Trinajstić information content (AvgIpc) is 2.59. The molecule has 0 amide bonds. The van der Waals surface area contributed by atoms with E-state index in [0.717, 1.165) is 36.0 Å². The van der Waals surface area contributed by atoms with Crippen LogP contribution < -0.4 is 5.32 Å². The van der Waals surface area contributed by atoms with E-state index in [1.807, 2.05) is 73.0 Å². The number of ketones is 1. The Morgan fingerprint density at radius 1 is 1.09 bits per heavy atom. The third kappa shape index (κ3) is 2.97. The van der Waals surface area contributed by atoms with Gasteiger partial charge in [0.1, 0.15) is 0 Å². The normalized spacial score (nSPS) is 23.2. The Morgan fingerprint density at radius 3 is 2.48 bits per heavy atom. The zero-order valence-corrected chi connectivity index (χ0v) is 14.0. The first-order valence-electron chi connectivity index (χ1n) is 8.03. The van der Waals surface area contributed by atoms with E-state index < -0.39 is 5.54 Å². The number of nitrogens with two attached hydrogens (primary N) is 1. The topological polar surface area (TPSA) is 33.7 Å². The maximum Gasteiger partial charge on any atom is 0.223 e. The lowest BCUT2D eigenvalue weighted by Gasteiger charge is -2.34. The van der Waals surface area contributed by atoms with Gasteiger partial charge in [0.15, 0.2) is 5.54 Å². The fourth-order valence-corrected chi connectivity index (χ4v) is 3.77. The molecule has 2 aromatic rings. The Hall–Kier alpha value is -1.90. The van der Waals surface area contributed by atoms with Crippen LogP contribution in [0.5, 0.6) is 0 Å². The molecule has 0 aliphatic heterocycles. The van der Waals surface area contributed by atoms with Crippen molar-refractivity contribution in [2.45, 2.75) is 24.8 Å². The quantitative estimate of drug-likeness (QED) is 0.860. The van der Waals surface area contributed by atoms with E-state index in [1.165, 1.54) is 0 Å². The fourth-order valence-electron chi connectivity index (χ4n) is 3.47. The Balaban J connectivity index is 2.04. The van der Waals surface area contributed by atoms with Gasteiger partial charge in [-0.1, -0.05) is 60.1 Å². The number of hydrogen-bond acceptors (Lipinski definition) is 1. The molecule has 2 nitrogen and oxygen atoms in total. The highest BCUT2D eigenvalue weighted by atomic mass is 35.5. The monoisotopic (exact) mass is 326 g/mol. The highest BCUT2D eigenvalue weighted by Gasteiger charge is 2.47. The van der Waals surface area contributed by atoms with Crippen LogP contribution in [0, 0.1) is 0 Å². The van der Waals surface area contributed by atoms with E-state index in [0.29, 0.717) is 5.02 Å². The number of hydrogen-bond donors (Lipinski definition) is 1. The van der Waals surface area contributed by atoms with Gasteiger partial charge in [0.25, 0.3) is 0 Å². The Bertz CT molecular complexity index is 738. The number of benzene rings is 2. The standard InChI is InChI=1S/C20H20ClNO/c1-22-20(17-11-5-6-12-18(17)21)13-7-10-16(19(20)23)14-15-8-3-2-4-9-15/h2-6,8-9,11-12,14,22H,7,10,13H2,1H3/p+1/b16-14+/t20-/m0/s1. The summed E-state index contributed by atoms with van der Waals surface area (Å²) in [6.45, 7) is 0. The van der Waals surface area contributed by atoms with Gasteiger partial charge in [0.05, 0.1) is 12.1 Å². The first-order chi connectivity index (χ1) is 11.2. The molecular formula is C20H21ClNO+. The van der Waals surface area contributed by atoms with Crippen molar-refractivity contribution < 1.29 is 10.1 Å². The van der Waals surface area contributed by atoms with Crippen LogP contribution in [0.15, 0.2) is 60.2 Å². The lowest BCUT2D eigenvalue weighted by Crippen LogP contribution is -2.94. The summed E-state index contributed by atoms with van der Waals surface area (Å²) in [5.41, 5.74) is 2.28. The van der Waals surface area contributed by atoms with Crippen LogP contribution in [0.2, 0.25) is 5.02 Å². The molecule has 3 rings (SSSR count). The predicted molar refractivity (Wildman–Crippen MR) is 94.3 cm³/mol. The minimum Gasteiger partial charge on any atom is -0.333 e. The summed E-state index contributed by atoms with van der Waals surface area (Å²) in [7, 11) is 1.96. The summed E-state index contributed by atoms with van der Waals surface area (Å²) in [5.74, 6) is 0.184. The van der Waals surface area contributed by atoms with Gasteiger partial charge in [-0.25, -0.2) is 0 Å². The molecule has 0 unspecified atom stereocenters. The molecule has 23 heavy (non-hydrogen) atoms. The summed E-state index contributed by atoms with van der Waals surface area (Å²) < 4.78 is 0. The Morgan fingerprint density at radius 2 is 1.78 bits per heavy atom. The second-order valence-corrected chi connectivity index (χ2v) is 6.41. The second kappa shape index (κ2) is 6.69. The van der Waals surface area contributed by atoms with Crippen LogP contribution in [-0.4, -0.2) is 12.8 Å². The molecule has 1 aliphatic carbocycles. The summed E-state index contributed by atoms with van der Waals surface area (Å²) in [4.78, 5) is 13.3.